The van der Waals surface area contributed by atoms with Gasteiger partial charge in [-0.15, -0.1) is 0 Å². The first kappa shape index (κ1) is 16.1. The van der Waals surface area contributed by atoms with Crippen LogP contribution in [0.25, 0.3) is 0 Å². The average molecular weight is 332 g/mol. The molecule has 1 saturated carbocycles. The molecule has 5 rings (SSSR count). The number of hydrogen-bond donors (Lipinski definition) is 1. The molecule has 0 unspecified atom stereocenters. The third-order valence-electron chi connectivity index (χ3n) is 8.59. The zero-order chi connectivity index (χ0) is 16.1. The third kappa shape index (κ3) is 2.41. The number of fused-ring (bicyclic) bond motifs is 6. The lowest BCUT2D eigenvalue weighted by molar-refractivity contribution is -0.136. The Hall–Kier alpha value is -0.120. The molecule has 2 bridgehead atoms. The molecule has 1 N–H and O–H groups in total. The van der Waals surface area contributed by atoms with Gasteiger partial charge in [0.2, 0.25) is 0 Å². The van der Waals surface area contributed by atoms with Crippen molar-refractivity contribution in [3.63, 3.8) is 0 Å². The van der Waals surface area contributed by atoms with Crippen LogP contribution < -0.4 is 5.32 Å². The summed E-state index contributed by atoms with van der Waals surface area (Å²) in [5.74, 6) is 1.97. The minimum Gasteiger partial charge on any atom is -0.313 e. The Morgan fingerprint density at radius 3 is 2.71 bits per heavy atom. The zero-order valence-electron chi connectivity index (χ0n) is 15.7. The Balaban J connectivity index is 1.52. The normalized spacial score (nSPS) is 50.1. The van der Waals surface area contributed by atoms with Crippen molar-refractivity contribution in [3.8, 4) is 0 Å². The number of piperidine rings is 4. The molecule has 6 atom stereocenters. The lowest BCUT2D eigenvalue weighted by Gasteiger charge is -2.65. The highest BCUT2D eigenvalue weighted by Crippen LogP contribution is 2.56. The van der Waals surface area contributed by atoms with Crippen LogP contribution in [0.3, 0.4) is 0 Å². The van der Waals surface area contributed by atoms with Gasteiger partial charge in [-0.1, -0.05) is 12.8 Å². The van der Waals surface area contributed by atoms with Crippen molar-refractivity contribution < 1.29 is 0 Å². The molecule has 5 aliphatic rings. The van der Waals surface area contributed by atoms with E-state index in [1.165, 1.54) is 90.4 Å². The first-order chi connectivity index (χ1) is 11.8. The summed E-state index contributed by atoms with van der Waals surface area (Å²) in [4.78, 5) is 5.73. The summed E-state index contributed by atoms with van der Waals surface area (Å²) in [7, 11) is 2.43. The molecule has 5 fully saturated rings. The largest absolute Gasteiger partial charge is 0.313 e. The van der Waals surface area contributed by atoms with Crippen molar-refractivity contribution in [2.24, 2.45) is 17.3 Å². The zero-order valence-corrected chi connectivity index (χ0v) is 15.7. The second kappa shape index (κ2) is 6.25. The molecule has 24 heavy (non-hydrogen) atoms. The predicted octanol–water partition coefficient (Wildman–Crippen LogP) is 3.10. The second-order valence-corrected chi connectivity index (χ2v) is 9.79. The predicted molar refractivity (Wildman–Crippen MR) is 99.2 cm³/mol. The van der Waals surface area contributed by atoms with E-state index in [9.17, 15) is 0 Å². The van der Waals surface area contributed by atoms with Crippen LogP contribution in [0.4, 0.5) is 0 Å². The Kier molecular flexibility index (Phi) is 4.18. The highest BCUT2D eigenvalue weighted by atomic mass is 15.2. The van der Waals surface area contributed by atoms with Gasteiger partial charge in [-0.3, -0.25) is 4.90 Å². The van der Waals surface area contributed by atoms with Gasteiger partial charge < -0.3 is 10.2 Å². The summed E-state index contributed by atoms with van der Waals surface area (Å²) in [5, 5.41) is 4.08. The molecular formula is C21H37N3. The van der Waals surface area contributed by atoms with Gasteiger partial charge in [0.25, 0.3) is 0 Å². The van der Waals surface area contributed by atoms with Crippen LogP contribution >= 0.6 is 0 Å². The fourth-order valence-electron chi connectivity index (χ4n) is 7.80. The van der Waals surface area contributed by atoms with Crippen LogP contribution in [-0.4, -0.2) is 61.2 Å². The van der Waals surface area contributed by atoms with Gasteiger partial charge >= 0.3 is 0 Å². The molecule has 0 aromatic rings. The SMILES string of the molecule is CN1CCCC[C@H]1[C@@]12C[C@H](C[C@H]3CCCN[C@@H]31)[C@H]1CCCCN1C2. The van der Waals surface area contributed by atoms with Crippen LogP contribution in [0.1, 0.15) is 64.2 Å². The monoisotopic (exact) mass is 331 g/mol. The molecule has 3 nitrogen and oxygen atoms in total. The molecule has 4 heterocycles. The molecule has 136 valence electrons. The molecular weight excluding hydrogens is 294 g/mol. The van der Waals surface area contributed by atoms with Crippen LogP contribution in [0.5, 0.6) is 0 Å². The van der Waals surface area contributed by atoms with Crippen LogP contribution in [0, 0.1) is 17.3 Å². The fourth-order valence-corrected chi connectivity index (χ4v) is 7.80. The molecule has 0 spiro atoms. The minimum atomic E-state index is 0.539. The van der Waals surface area contributed by atoms with E-state index in [1.807, 2.05) is 0 Å². The molecule has 0 amide bonds. The number of nitrogens with zero attached hydrogens (tertiary/aromatic N) is 2. The van der Waals surface area contributed by atoms with E-state index in [2.05, 4.69) is 22.2 Å². The molecule has 0 aromatic carbocycles. The van der Waals surface area contributed by atoms with Gasteiger partial charge in [0.1, 0.15) is 0 Å². The lowest BCUT2D eigenvalue weighted by atomic mass is 9.52. The van der Waals surface area contributed by atoms with Gasteiger partial charge in [-0.2, -0.15) is 0 Å². The van der Waals surface area contributed by atoms with Crippen molar-refractivity contribution >= 4 is 0 Å². The molecule has 1 aliphatic carbocycles. The van der Waals surface area contributed by atoms with Crippen molar-refractivity contribution in [3.05, 3.63) is 0 Å². The number of hydrogen-bond acceptors (Lipinski definition) is 3. The topological polar surface area (TPSA) is 18.5 Å². The van der Waals surface area contributed by atoms with Gasteiger partial charge in [-0.25, -0.2) is 0 Å². The van der Waals surface area contributed by atoms with E-state index in [1.54, 1.807) is 0 Å². The van der Waals surface area contributed by atoms with E-state index in [4.69, 9.17) is 0 Å². The summed E-state index contributed by atoms with van der Waals surface area (Å²) in [5.41, 5.74) is 0.539. The Bertz CT molecular complexity index is 456. The van der Waals surface area contributed by atoms with Crippen molar-refractivity contribution in [2.45, 2.75) is 82.3 Å². The maximum atomic E-state index is 4.08. The van der Waals surface area contributed by atoms with Crippen molar-refractivity contribution in [1.29, 1.82) is 0 Å². The van der Waals surface area contributed by atoms with Gasteiger partial charge in [-0.05, 0) is 89.9 Å². The van der Waals surface area contributed by atoms with E-state index in [-0.39, 0.29) is 0 Å². The highest BCUT2D eigenvalue weighted by Gasteiger charge is 2.59. The average Bonchev–Trinajstić information content (AvgIpc) is 2.62. The van der Waals surface area contributed by atoms with Gasteiger partial charge in [0.15, 0.2) is 0 Å². The van der Waals surface area contributed by atoms with E-state index >= 15 is 0 Å². The molecule has 3 heteroatoms. The maximum absolute atomic E-state index is 4.08. The minimum absolute atomic E-state index is 0.539. The van der Waals surface area contributed by atoms with E-state index in [0.717, 1.165) is 30.0 Å². The van der Waals surface area contributed by atoms with Crippen molar-refractivity contribution in [1.82, 2.24) is 15.1 Å². The summed E-state index contributed by atoms with van der Waals surface area (Å²) < 4.78 is 0. The smallest absolute Gasteiger partial charge is 0.0179 e. The van der Waals surface area contributed by atoms with E-state index in [0.29, 0.717) is 5.41 Å². The summed E-state index contributed by atoms with van der Waals surface area (Å²) in [6.07, 6.45) is 14.7. The maximum Gasteiger partial charge on any atom is 0.0179 e. The quantitative estimate of drug-likeness (QED) is 0.796. The lowest BCUT2D eigenvalue weighted by Crippen LogP contribution is -2.72. The Morgan fingerprint density at radius 1 is 0.917 bits per heavy atom. The van der Waals surface area contributed by atoms with Crippen LogP contribution in [0.2, 0.25) is 0 Å². The Morgan fingerprint density at radius 2 is 1.79 bits per heavy atom. The van der Waals surface area contributed by atoms with Crippen molar-refractivity contribution in [2.75, 3.05) is 33.2 Å². The van der Waals surface area contributed by atoms with E-state index < -0.39 is 0 Å². The molecule has 0 radical (unpaired) electrons. The second-order valence-electron chi connectivity index (χ2n) is 9.79. The number of nitrogens with one attached hydrogen (secondary N) is 1. The first-order valence-corrected chi connectivity index (χ1v) is 11.0. The standard InChI is InChI=1S/C21H37N3/c1-23-11-4-3-9-19(23)21-14-17(13-16-7-6-10-22-20(16)21)18-8-2-5-12-24(18)15-21/h16-20,22H,2-15H2,1H3/t16-,17+,18-,19+,20+,21+/m1/s1. The van der Waals surface area contributed by atoms with Gasteiger partial charge in [0.05, 0.1) is 0 Å². The summed E-state index contributed by atoms with van der Waals surface area (Å²) in [6, 6.07) is 2.56. The fraction of sp³-hybridized carbons (Fsp3) is 1.00. The third-order valence-corrected chi connectivity index (χ3v) is 8.59. The number of rotatable bonds is 1. The summed E-state index contributed by atoms with van der Waals surface area (Å²) in [6.45, 7) is 5.39. The Labute approximate surface area is 148 Å². The summed E-state index contributed by atoms with van der Waals surface area (Å²) >= 11 is 0. The van der Waals surface area contributed by atoms with Crippen LogP contribution in [0.15, 0.2) is 0 Å². The molecule has 4 aliphatic heterocycles. The van der Waals surface area contributed by atoms with Gasteiger partial charge in [0, 0.05) is 30.1 Å². The number of likely N-dealkylation sites (tertiary alicyclic amines) is 1. The van der Waals surface area contributed by atoms with Crippen LogP contribution in [-0.2, 0) is 0 Å². The first-order valence-electron chi connectivity index (χ1n) is 11.0. The highest BCUT2D eigenvalue weighted by molar-refractivity contribution is 5.14. The molecule has 0 aromatic heterocycles. The molecule has 4 saturated heterocycles.